The molecule has 5 heteroatoms. The molecule has 0 aliphatic heterocycles. The van der Waals surface area contributed by atoms with E-state index in [0.29, 0.717) is 6.54 Å². The zero-order chi connectivity index (χ0) is 22.1. The van der Waals surface area contributed by atoms with Crippen molar-refractivity contribution in [1.82, 2.24) is 20.0 Å². The van der Waals surface area contributed by atoms with Crippen LogP contribution < -0.4 is 5.32 Å². The third-order valence-corrected chi connectivity index (χ3v) is 8.35. The molecular weight excluding hydrogens is 396 g/mol. The van der Waals surface area contributed by atoms with Crippen molar-refractivity contribution < 1.29 is 4.79 Å². The topological polar surface area (TPSA) is 50.2 Å². The van der Waals surface area contributed by atoms with E-state index in [1.54, 1.807) is 0 Å². The molecule has 0 radical (unpaired) electrons. The summed E-state index contributed by atoms with van der Waals surface area (Å²) >= 11 is 0. The first kappa shape index (κ1) is 21.7. The summed E-state index contributed by atoms with van der Waals surface area (Å²) < 4.78 is 1.94. The molecule has 2 aromatic rings. The zero-order valence-corrected chi connectivity index (χ0v) is 19.7. The SMILES string of the molecule is CCN(CC)CCCNC(=O)c1cn(-c2ccccc2)nc1C12CC3CC(CC(C3)C1)C2. The monoisotopic (exact) mass is 434 g/mol. The minimum atomic E-state index is 0.0532. The van der Waals surface area contributed by atoms with Crippen molar-refractivity contribution in [3.63, 3.8) is 0 Å². The van der Waals surface area contributed by atoms with E-state index >= 15 is 0 Å². The van der Waals surface area contributed by atoms with Crippen molar-refractivity contribution in [3.05, 3.63) is 47.8 Å². The lowest BCUT2D eigenvalue weighted by Gasteiger charge is -2.56. The van der Waals surface area contributed by atoms with Crippen LogP contribution in [-0.2, 0) is 5.41 Å². The van der Waals surface area contributed by atoms with Gasteiger partial charge in [0.05, 0.1) is 16.9 Å². The number of rotatable bonds is 9. The number of carbonyl (C=O) groups is 1. The standard InChI is InChI=1S/C27H38N4O/c1-3-30(4-2)12-8-11-28-26(32)24-19-31(23-9-6-5-7-10-23)29-25(24)27-16-20-13-21(17-27)15-22(14-20)18-27/h5-7,9-10,19-22H,3-4,8,11-18H2,1-2H3,(H,28,32). The molecule has 0 spiro atoms. The number of para-hydroxylation sites is 1. The number of amides is 1. The molecule has 1 aromatic heterocycles. The highest BCUT2D eigenvalue weighted by Gasteiger charge is 2.53. The number of benzene rings is 1. The fraction of sp³-hybridized carbons (Fsp3) is 0.630. The van der Waals surface area contributed by atoms with Gasteiger partial charge in [-0.15, -0.1) is 0 Å². The van der Waals surface area contributed by atoms with Gasteiger partial charge in [0.15, 0.2) is 0 Å². The average Bonchev–Trinajstić information content (AvgIpc) is 3.26. The van der Waals surface area contributed by atoms with Gasteiger partial charge in [-0.3, -0.25) is 4.79 Å². The highest BCUT2D eigenvalue weighted by Crippen LogP contribution is 2.60. The average molecular weight is 435 g/mol. The molecule has 4 aliphatic carbocycles. The van der Waals surface area contributed by atoms with E-state index < -0.39 is 0 Å². The predicted octanol–water partition coefficient (Wildman–Crippen LogP) is 4.80. The van der Waals surface area contributed by atoms with E-state index in [0.717, 1.165) is 60.8 Å². The number of hydrogen-bond acceptors (Lipinski definition) is 3. The number of carbonyl (C=O) groups excluding carboxylic acids is 1. The van der Waals surface area contributed by atoms with E-state index in [1.165, 1.54) is 38.5 Å². The lowest BCUT2D eigenvalue weighted by molar-refractivity contribution is -0.00770. The van der Waals surface area contributed by atoms with Crippen molar-refractivity contribution in [3.8, 4) is 5.69 Å². The van der Waals surface area contributed by atoms with E-state index in [2.05, 4.69) is 36.2 Å². The second-order valence-corrected chi connectivity index (χ2v) is 10.5. The van der Waals surface area contributed by atoms with Crippen molar-refractivity contribution in [1.29, 1.82) is 0 Å². The molecule has 4 saturated carbocycles. The van der Waals surface area contributed by atoms with Crippen LogP contribution in [0.1, 0.15) is 74.8 Å². The Hall–Kier alpha value is -2.14. The fourth-order valence-electron chi connectivity index (χ4n) is 7.19. The van der Waals surface area contributed by atoms with Gasteiger partial charge in [0, 0.05) is 18.2 Å². The molecule has 0 atom stereocenters. The second kappa shape index (κ2) is 9.01. The second-order valence-electron chi connectivity index (χ2n) is 10.5. The first-order chi connectivity index (χ1) is 15.6. The summed E-state index contributed by atoms with van der Waals surface area (Å²) in [5.74, 6) is 2.53. The molecule has 1 amide bonds. The summed E-state index contributed by atoms with van der Waals surface area (Å²) in [5, 5.41) is 8.34. The summed E-state index contributed by atoms with van der Waals surface area (Å²) in [6.45, 7) is 8.25. The van der Waals surface area contributed by atoms with E-state index in [-0.39, 0.29) is 11.3 Å². The third-order valence-electron chi connectivity index (χ3n) is 8.35. The van der Waals surface area contributed by atoms with Gasteiger partial charge in [0.1, 0.15) is 0 Å². The zero-order valence-electron chi connectivity index (χ0n) is 19.7. The Morgan fingerprint density at radius 2 is 1.69 bits per heavy atom. The van der Waals surface area contributed by atoms with Crippen molar-refractivity contribution in [2.75, 3.05) is 26.2 Å². The first-order valence-corrected chi connectivity index (χ1v) is 12.8. The summed E-state index contributed by atoms with van der Waals surface area (Å²) in [4.78, 5) is 15.8. The molecule has 0 unspecified atom stereocenters. The molecule has 1 aromatic carbocycles. The molecule has 4 bridgehead atoms. The van der Waals surface area contributed by atoms with Crippen LogP contribution in [0.2, 0.25) is 0 Å². The summed E-state index contributed by atoms with van der Waals surface area (Å²) in [6.07, 6.45) is 10.8. The highest BCUT2D eigenvalue weighted by molar-refractivity contribution is 5.95. The van der Waals surface area contributed by atoms with Gasteiger partial charge in [0.25, 0.3) is 5.91 Å². The van der Waals surface area contributed by atoms with Gasteiger partial charge in [-0.05, 0) is 94.5 Å². The molecule has 0 saturated heterocycles. The van der Waals surface area contributed by atoms with Crippen LogP contribution >= 0.6 is 0 Å². The van der Waals surface area contributed by atoms with Gasteiger partial charge in [-0.25, -0.2) is 4.68 Å². The Morgan fingerprint density at radius 1 is 1.06 bits per heavy atom. The minimum absolute atomic E-state index is 0.0532. The Balaban J connectivity index is 1.40. The molecular formula is C27H38N4O. The third kappa shape index (κ3) is 4.12. The molecule has 6 rings (SSSR count). The van der Waals surface area contributed by atoms with Gasteiger partial charge < -0.3 is 10.2 Å². The summed E-state index contributed by atoms with van der Waals surface area (Å²) in [5.41, 5.74) is 3.00. The Labute approximate surface area is 192 Å². The van der Waals surface area contributed by atoms with Crippen LogP contribution in [0.4, 0.5) is 0 Å². The predicted molar refractivity (Wildman–Crippen MR) is 128 cm³/mol. The van der Waals surface area contributed by atoms with Crippen LogP contribution in [0.15, 0.2) is 36.5 Å². The maximum Gasteiger partial charge on any atom is 0.254 e. The van der Waals surface area contributed by atoms with Crippen LogP contribution in [0, 0.1) is 17.8 Å². The van der Waals surface area contributed by atoms with Crippen molar-refractivity contribution in [2.24, 2.45) is 17.8 Å². The van der Waals surface area contributed by atoms with Crippen molar-refractivity contribution >= 4 is 5.91 Å². The maximum atomic E-state index is 13.4. The molecule has 4 aliphatic rings. The molecule has 4 fully saturated rings. The van der Waals surface area contributed by atoms with Crippen LogP contribution in [-0.4, -0.2) is 46.8 Å². The van der Waals surface area contributed by atoms with Crippen LogP contribution in [0.3, 0.4) is 0 Å². The van der Waals surface area contributed by atoms with Crippen LogP contribution in [0.25, 0.3) is 5.69 Å². The lowest BCUT2D eigenvalue weighted by Crippen LogP contribution is -2.49. The number of nitrogens with one attached hydrogen (secondary N) is 1. The van der Waals surface area contributed by atoms with Gasteiger partial charge in [-0.2, -0.15) is 5.10 Å². The van der Waals surface area contributed by atoms with Gasteiger partial charge >= 0.3 is 0 Å². The number of nitrogens with zero attached hydrogens (tertiary/aromatic N) is 3. The normalized spacial score (nSPS) is 28.4. The minimum Gasteiger partial charge on any atom is -0.352 e. The molecule has 32 heavy (non-hydrogen) atoms. The van der Waals surface area contributed by atoms with Gasteiger partial charge in [0.2, 0.25) is 0 Å². The maximum absolute atomic E-state index is 13.4. The number of hydrogen-bond donors (Lipinski definition) is 1. The summed E-state index contributed by atoms with van der Waals surface area (Å²) in [6, 6.07) is 10.2. The van der Waals surface area contributed by atoms with E-state index in [4.69, 9.17) is 5.10 Å². The fourth-order valence-corrected chi connectivity index (χ4v) is 7.19. The smallest absolute Gasteiger partial charge is 0.254 e. The van der Waals surface area contributed by atoms with Gasteiger partial charge in [-0.1, -0.05) is 32.0 Å². The Bertz CT molecular complexity index is 895. The molecule has 172 valence electrons. The molecule has 1 N–H and O–H groups in total. The molecule has 1 heterocycles. The highest BCUT2D eigenvalue weighted by atomic mass is 16.1. The quantitative estimate of drug-likeness (QED) is 0.577. The van der Waals surface area contributed by atoms with E-state index in [9.17, 15) is 4.79 Å². The number of aromatic nitrogens is 2. The molecule has 5 nitrogen and oxygen atoms in total. The Morgan fingerprint density at radius 3 is 2.28 bits per heavy atom. The largest absolute Gasteiger partial charge is 0.352 e. The van der Waals surface area contributed by atoms with Crippen LogP contribution in [0.5, 0.6) is 0 Å². The van der Waals surface area contributed by atoms with Crippen molar-refractivity contribution in [2.45, 2.75) is 64.2 Å². The lowest BCUT2D eigenvalue weighted by atomic mass is 9.48. The Kier molecular flexibility index (Phi) is 6.11. The first-order valence-electron chi connectivity index (χ1n) is 12.8. The van der Waals surface area contributed by atoms with E-state index in [1.807, 2.05) is 29.1 Å². The summed E-state index contributed by atoms with van der Waals surface area (Å²) in [7, 11) is 0.